The fourth-order valence-electron chi connectivity index (χ4n) is 3.00. The zero-order valence-corrected chi connectivity index (χ0v) is 14.5. The van der Waals surface area contributed by atoms with Gasteiger partial charge in [0.2, 0.25) is 5.95 Å². The number of aliphatic hydroxyl groups is 1. The van der Waals surface area contributed by atoms with E-state index >= 15 is 0 Å². The fourth-order valence-corrected chi connectivity index (χ4v) is 3.00. The van der Waals surface area contributed by atoms with Crippen LogP contribution in [0.2, 0.25) is 0 Å². The van der Waals surface area contributed by atoms with Gasteiger partial charge in [0.1, 0.15) is 5.82 Å². The zero-order valence-electron chi connectivity index (χ0n) is 14.5. The molecule has 1 fully saturated rings. The largest absolute Gasteiger partial charge is 0.395 e. The van der Waals surface area contributed by atoms with Gasteiger partial charge in [0.25, 0.3) is 0 Å². The molecule has 25 heavy (non-hydrogen) atoms. The van der Waals surface area contributed by atoms with Gasteiger partial charge >= 0.3 is 0 Å². The normalized spacial score (nSPS) is 16.6. The Kier molecular flexibility index (Phi) is 5.80. The lowest BCUT2D eigenvalue weighted by molar-refractivity contribution is 0.0198. The molecule has 1 unspecified atom stereocenters. The van der Waals surface area contributed by atoms with Gasteiger partial charge in [0.15, 0.2) is 0 Å². The molecule has 2 aromatic rings. The van der Waals surface area contributed by atoms with Crippen molar-refractivity contribution in [1.29, 1.82) is 0 Å². The van der Waals surface area contributed by atoms with E-state index in [9.17, 15) is 0 Å². The molecule has 0 radical (unpaired) electrons. The average Bonchev–Trinajstić information content (AvgIpc) is 2.66. The number of nitrogens with two attached hydrogens (primary N) is 1. The molecule has 1 aromatic heterocycles. The van der Waals surface area contributed by atoms with E-state index in [1.165, 1.54) is 5.56 Å². The monoisotopic (exact) mass is 343 g/mol. The molecule has 0 bridgehead atoms. The number of hydrogen-bond donors (Lipinski definition) is 3. The minimum atomic E-state index is 0.0351. The molecule has 0 amide bonds. The topological polar surface area (TPSA) is 96.5 Å². The van der Waals surface area contributed by atoms with Crippen LogP contribution in [-0.2, 0) is 4.74 Å². The minimum absolute atomic E-state index is 0.0351. The van der Waals surface area contributed by atoms with E-state index in [1.807, 2.05) is 6.07 Å². The minimum Gasteiger partial charge on any atom is -0.395 e. The van der Waals surface area contributed by atoms with Gasteiger partial charge in [-0.3, -0.25) is 4.90 Å². The van der Waals surface area contributed by atoms with Crippen LogP contribution in [0.5, 0.6) is 0 Å². The van der Waals surface area contributed by atoms with Crippen molar-refractivity contribution in [3.05, 3.63) is 35.9 Å². The number of ether oxygens (including phenoxy) is 1. The quantitative estimate of drug-likeness (QED) is 0.732. The van der Waals surface area contributed by atoms with Crippen molar-refractivity contribution >= 4 is 11.8 Å². The van der Waals surface area contributed by atoms with E-state index in [-0.39, 0.29) is 12.6 Å². The summed E-state index contributed by atoms with van der Waals surface area (Å²) in [5.41, 5.74) is 8.82. The highest BCUT2D eigenvalue weighted by Gasteiger charge is 2.18. The lowest BCUT2D eigenvalue weighted by Gasteiger charge is -2.32. The Balaban J connectivity index is 1.76. The summed E-state index contributed by atoms with van der Waals surface area (Å²) in [5.74, 6) is 0.825. The smallest absolute Gasteiger partial charge is 0.222 e. The van der Waals surface area contributed by atoms with Crippen molar-refractivity contribution in [3.8, 4) is 11.3 Å². The average molecular weight is 343 g/mol. The third-order valence-corrected chi connectivity index (χ3v) is 4.44. The summed E-state index contributed by atoms with van der Waals surface area (Å²) in [6.07, 6.45) is 0. The van der Waals surface area contributed by atoms with Gasteiger partial charge in [-0.2, -0.15) is 4.98 Å². The standard InChI is InChI=1S/C18H25N5O2/c1-13(23-7-10-25-11-8-23)14-2-4-15(5-3-14)16-12-17(20-6-9-24)22-18(19)21-16/h2-5,12-13,24H,6-11H2,1H3,(H3,19,20,21,22). The number of nitrogen functional groups attached to an aromatic ring is 1. The Morgan fingerprint density at radius 1 is 1.24 bits per heavy atom. The van der Waals surface area contributed by atoms with Gasteiger partial charge in [-0.25, -0.2) is 4.98 Å². The van der Waals surface area contributed by atoms with E-state index in [2.05, 4.69) is 51.4 Å². The number of nitrogens with zero attached hydrogens (tertiary/aromatic N) is 3. The van der Waals surface area contributed by atoms with Crippen LogP contribution >= 0.6 is 0 Å². The second-order valence-electron chi connectivity index (χ2n) is 6.09. The van der Waals surface area contributed by atoms with Gasteiger partial charge in [-0.05, 0) is 12.5 Å². The van der Waals surface area contributed by atoms with Crippen LogP contribution in [0.1, 0.15) is 18.5 Å². The summed E-state index contributed by atoms with van der Waals surface area (Å²) in [6, 6.07) is 10.6. The van der Waals surface area contributed by atoms with Gasteiger partial charge < -0.3 is 20.9 Å². The molecule has 7 heteroatoms. The number of aromatic nitrogens is 2. The number of benzene rings is 1. The van der Waals surface area contributed by atoms with Gasteiger partial charge in [0, 0.05) is 37.3 Å². The summed E-state index contributed by atoms with van der Waals surface area (Å²) in [4.78, 5) is 10.9. The highest BCUT2D eigenvalue weighted by atomic mass is 16.5. The third-order valence-electron chi connectivity index (χ3n) is 4.44. The van der Waals surface area contributed by atoms with Crippen molar-refractivity contribution in [2.45, 2.75) is 13.0 Å². The number of morpholine rings is 1. The Bertz CT molecular complexity index is 686. The molecular formula is C18H25N5O2. The number of nitrogens with one attached hydrogen (secondary N) is 1. The molecule has 1 saturated heterocycles. The van der Waals surface area contributed by atoms with Crippen molar-refractivity contribution in [2.75, 3.05) is 50.5 Å². The van der Waals surface area contributed by atoms with Crippen molar-refractivity contribution in [1.82, 2.24) is 14.9 Å². The summed E-state index contributed by atoms with van der Waals surface area (Å²) in [7, 11) is 0. The second-order valence-corrected chi connectivity index (χ2v) is 6.09. The maximum atomic E-state index is 8.92. The molecule has 1 aromatic carbocycles. The van der Waals surface area contributed by atoms with Gasteiger partial charge in [-0.15, -0.1) is 0 Å². The molecule has 1 aliphatic rings. The lowest BCUT2D eigenvalue weighted by atomic mass is 10.0. The maximum absolute atomic E-state index is 8.92. The molecule has 0 saturated carbocycles. The van der Waals surface area contributed by atoms with E-state index in [0.717, 1.165) is 37.6 Å². The maximum Gasteiger partial charge on any atom is 0.222 e. The fraction of sp³-hybridized carbons (Fsp3) is 0.444. The Morgan fingerprint density at radius 2 is 1.96 bits per heavy atom. The third kappa shape index (κ3) is 4.45. The lowest BCUT2D eigenvalue weighted by Crippen LogP contribution is -2.37. The van der Waals surface area contributed by atoms with E-state index in [1.54, 1.807) is 0 Å². The van der Waals surface area contributed by atoms with Crippen LogP contribution in [0, 0.1) is 0 Å². The molecule has 7 nitrogen and oxygen atoms in total. The highest BCUT2D eigenvalue weighted by Crippen LogP contribution is 2.25. The summed E-state index contributed by atoms with van der Waals surface area (Å²) in [6.45, 7) is 6.20. The molecule has 1 aliphatic heterocycles. The number of rotatable bonds is 6. The molecule has 4 N–H and O–H groups in total. The van der Waals surface area contributed by atoms with E-state index in [4.69, 9.17) is 15.6 Å². The number of aliphatic hydroxyl groups excluding tert-OH is 1. The summed E-state index contributed by atoms with van der Waals surface area (Å²) in [5, 5.41) is 11.9. The first-order valence-corrected chi connectivity index (χ1v) is 8.59. The second kappa shape index (κ2) is 8.24. The molecule has 0 spiro atoms. The summed E-state index contributed by atoms with van der Waals surface area (Å²) < 4.78 is 5.42. The summed E-state index contributed by atoms with van der Waals surface area (Å²) >= 11 is 0. The molecule has 3 rings (SSSR count). The van der Waals surface area contributed by atoms with Crippen molar-refractivity contribution in [2.24, 2.45) is 0 Å². The molecule has 0 aliphatic carbocycles. The molecule has 2 heterocycles. The van der Waals surface area contributed by atoms with Crippen LogP contribution in [0.3, 0.4) is 0 Å². The number of hydrogen-bond acceptors (Lipinski definition) is 7. The van der Waals surface area contributed by atoms with E-state index < -0.39 is 0 Å². The first-order chi connectivity index (χ1) is 12.2. The van der Waals surface area contributed by atoms with Crippen LogP contribution < -0.4 is 11.1 Å². The molecule has 1 atom stereocenters. The SMILES string of the molecule is CC(c1ccc(-c2cc(NCCO)nc(N)n2)cc1)N1CCOCC1. The van der Waals surface area contributed by atoms with Crippen LogP contribution in [-0.4, -0.2) is 59.4 Å². The van der Waals surface area contributed by atoms with E-state index in [0.29, 0.717) is 18.4 Å². The predicted molar refractivity (Wildman–Crippen MR) is 98.3 cm³/mol. The Hall–Kier alpha value is -2.22. The van der Waals surface area contributed by atoms with Crippen LogP contribution in [0.4, 0.5) is 11.8 Å². The first kappa shape index (κ1) is 17.6. The van der Waals surface area contributed by atoms with Crippen LogP contribution in [0.25, 0.3) is 11.3 Å². The number of anilines is 2. The molecule has 134 valence electrons. The van der Waals surface area contributed by atoms with Crippen molar-refractivity contribution in [3.63, 3.8) is 0 Å². The van der Waals surface area contributed by atoms with Gasteiger partial charge in [0.05, 0.1) is 25.5 Å². The van der Waals surface area contributed by atoms with Crippen LogP contribution in [0.15, 0.2) is 30.3 Å². The highest BCUT2D eigenvalue weighted by molar-refractivity contribution is 5.64. The first-order valence-electron chi connectivity index (χ1n) is 8.59. The zero-order chi connectivity index (χ0) is 17.6. The molecular weight excluding hydrogens is 318 g/mol. The van der Waals surface area contributed by atoms with Gasteiger partial charge in [-0.1, -0.05) is 24.3 Å². The Morgan fingerprint density at radius 3 is 2.64 bits per heavy atom. The predicted octanol–water partition coefficient (Wildman–Crippen LogP) is 1.52. The Labute approximate surface area is 147 Å². The van der Waals surface area contributed by atoms with Crippen molar-refractivity contribution < 1.29 is 9.84 Å².